The molecule has 1 aliphatic heterocycles. The van der Waals surface area contributed by atoms with Gasteiger partial charge in [-0.3, -0.25) is 4.98 Å². The number of aromatic nitrogens is 1. The highest BCUT2D eigenvalue weighted by molar-refractivity contribution is 7.89. The summed E-state index contributed by atoms with van der Waals surface area (Å²) in [6, 6.07) is 1.58. The lowest BCUT2D eigenvalue weighted by Crippen LogP contribution is -2.38. The predicted molar refractivity (Wildman–Crippen MR) is 70.0 cm³/mol. The Labute approximate surface area is 121 Å². The smallest absolute Gasteiger partial charge is 0.316 e. The first-order valence-corrected chi connectivity index (χ1v) is 8.01. The summed E-state index contributed by atoms with van der Waals surface area (Å²) in [6.45, 7) is 1.91. The molecule has 1 aliphatic rings. The SMILES string of the molecule is O=S(=O)(NCC1CCCNC1)c1ccc(C(F)(F)F)nc1. The Balaban J connectivity index is 2.01. The van der Waals surface area contributed by atoms with Gasteiger partial charge in [-0.15, -0.1) is 0 Å². The molecule has 1 aromatic heterocycles. The van der Waals surface area contributed by atoms with Crippen LogP contribution in [-0.2, 0) is 16.2 Å². The molecule has 2 N–H and O–H groups in total. The van der Waals surface area contributed by atoms with E-state index in [-0.39, 0.29) is 17.4 Å². The molecule has 0 bridgehead atoms. The summed E-state index contributed by atoms with van der Waals surface area (Å²) in [5.41, 5.74) is -1.11. The van der Waals surface area contributed by atoms with Crippen LogP contribution in [0.1, 0.15) is 18.5 Å². The van der Waals surface area contributed by atoms with E-state index in [0.717, 1.165) is 38.2 Å². The Hall–Kier alpha value is -1.19. The van der Waals surface area contributed by atoms with Crippen molar-refractivity contribution < 1.29 is 21.6 Å². The van der Waals surface area contributed by atoms with E-state index in [2.05, 4.69) is 15.0 Å². The minimum atomic E-state index is -4.58. The number of rotatable bonds is 4. The van der Waals surface area contributed by atoms with Crippen LogP contribution in [0.25, 0.3) is 0 Å². The molecule has 0 saturated carbocycles. The van der Waals surface area contributed by atoms with Crippen LogP contribution >= 0.6 is 0 Å². The maximum Gasteiger partial charge on any atom is 0.433 e. The third-order valence-electron chi connectivity index (χ3n) is 3.30. The summed E-state index contributed by atoms with van der Waals surface area (Å²) >= 11 is 0. The van der Waals surface area contributed by atoms with Crippen LogP contribution in [0.2, 0.25) is 0 Å². The minimum Gasteiger partial charge on any atom is -0.316 e. The summed E-state index contributed by atoms with van der Waals surface area (Å²) in [4.78, 5) is 2.89. The van der Waals surface area contributed by atoms with Crippen molar-refractivity contribution in [3.8, 4) is 0 Å². The molecule has 5 nitrogen and oxygen atoms in total. The predicted octanol–water partition coefficient (Wildman–Crippen LogP) is 1.38. The zero-order valence-electron chi connectivity index (χ0n) is 11.2. The lowest BCUT2D eigenvalue weighted by Gasteiger charge is -2.22. The van der Waals surface area contributed by atoms with Crippen molar-refractivity contribution in [1.29, 1.82) is 0 Å². The van der Waals surface area contributed by atoms with Crippen LogP contribution in [0.5, 0.6) is 0 Å². The molecule has 0 aromatic carbocycles. The molecule has 0 amide bonds. The van der Waals surface area contributed by atoms with Crippen molar-refractivity contribution in [2.24, 2.45) is 5.92 Å². The van der Waals surface area contributed by atoms with Gasteiger partial charge in [0.2, 0.25) is 10.0 Å². The van der Waals surface area contributed by atoms with Gasteiger partial charge in [-0.2, -0.15) is 13.2 Å². The van der Waals surface area contributed by atoms with Gasteiger partial charge in [0.25, 0.3) is 0 Å². The summed E-state index contributed by atoms with van der Waals surface area (Å²) in [5, 5.41) is 3.16. The first-order valence-electron chi connectivity index (χ1n) is 6.53. The van der Waals surface area contributed by atoms with Crippen molar-refractivity contribution in [3.63, 3.8) is 0 Å². The van der Waals surface area contributed by atoms with E-state index < -0.39 is 21.9 Å². The number of alkyl halides is 3. The third-order valence-corrected chi connectivity index (χ3v) is 4.71. The summed E-state index contributed by atoms with van der Waals surface area (Å²) in [6.07, 6.45) is -1.96. The molecule has 0 spiro atoms. The van der Waals surface area contributed by atoms with Crippen LogP contribution in [0.4, 0.5) is 13.2 Å². The average molecular weight is 323 g/mol. The fourth-order valence-electron chi connectivity index (χ4n) is 2.12. The summed E-state index contributed by atoms with van der Waals surface area (Å²) in [7, 11) is -3.83. The summed E-state index contributed by atoms with van der Waals surface area (Å²) < 4.78 is 63.5. The van der Waals surface area contributed by atoms with E-state index in [9.17, 15) is 21.6 Å². The Kier molecular flexibility index (Phi) is 4.84. The molecule has 9 heteroatoms. The lowest BCUT2D eigenvalue weighted by molar-refractivity contribution is -0.141. The van der Waals surface area contributed by atoms with Gasteiger partial charge in [-0.05, 0) is 44.0 Å². The monoisotopic (exact) mass is 323 g/mol. The van der Waals surface area contributed by atoms with Gasteiger partial charge < -0.3 is 5.32 Å². The molecule has 1 unspecified atom stereocenters. The minimum absolute atomic E-state index is 0.191. The fourth-order valence-corrected chi connectivity index (χ4v) is 3.18. The highest BCUT2D eigenvalue weighted by Gasteiger charge is 2.32. The van der Waals surface area contributed by atoms with Crippen LogP contribution in [0.15, 0.2) is 23.2 Å². The van der Waals surface area contributed by atoms with E-state index in [1.165, 1.54) is 0 Å². The van der Waals surface area contributed by atoms with Gasteiger partial charge in [0.05, 0.1) is 0 Å². The van der Waals surface area contributed by atoms with Crippen molar-refractivity contribution in [2.45, 2.75) is 23.9 Å². The van der Waals surface area contributed by atoms with Gasteiger partial charge in [0.15, 0.2) is 0 Å². The van der Waals surface area contributed by atoms with E-state index in [4.69, 9.17) is 0 Å². The van der Waals surface area contributed by atoms with Gasteiger partial charge in [0, 0.05) is 12.7 Å². The van der Waals surface area contributed by atoms with Crippen molar-refractivity contribution >= 4 is 10.0 Å². The molecule has 2 heterocycles. The molecule has 1 atom stereocenters. The second-order valence-electron chi connectivity index (χ2n) is 4.94. The first-order chi connectivity index (χ1) is 9.79. The number of halogens is 3. The molecule has 118 valence electrons. The maximum atomic E-state index is 12.4. The van der Waals surface area contributed by atoms with Crippen molar-refractivity contribution in [2.75, 3.05) is 19.6 Å². The van der Waals surface area contributed by atoms with Crippen LogP contribution in [0, 0.1) is 5.92 Å². The van der Waals surface area contributed by atoms with E-state index in [1.807, 2.05) is 0 Å². The van der Waals surface area contributed by atoms with E-state index in [0.29, 0.717) is 6.07 Å². The average Bonchev–Trinajstić information content (AvgIpc) is 2.46. The second kappa shape index (κ2) is 6.29. The Morgan fingerprint density at radius 1 is 1.38 bits per heavy atom. The number of nitrogens with zero attached hydrogens (tertiary/aromatic N) is 1. The fraction of sp³-hybridized carbons (Fsp3) is 0.583. The molecule has 0 aliphatic carbocycles. The van der Waals surface area contributed by atoms with Gasteiger partial charge in [0.1, 0.15) is 10.6 Å². The highest BCUT2D eigenvalue weighted by atomic mass is 32.2. The molecule has 1 fully saturated rings. The quantitative estimate of drug-likeness (QED) is 0.878. The first kappa shape index (κ1) is 16.2. The van der Waals surface area contributed by atoms with Crippen molar-refractivity contribution in [1.82, 2.24) is 15.0 Å². The Bertz CT molecular complexity index is 566. The van der Waals surface area contributed by atoms with Crippen molar-refractivity contribution in [3.05, 3.63) is 24.0 Å². The molecule has 1 aromatic rings. The lowest BCUT2D eigenvalue weighted by atomic mass is 10.0. The molecule has 2 rings (SSSR count). The van der Waals surface area contributed by atoms with Crippen LogP contribution in [-0.4, -0.2) is 33.0 Å². The van der Waals surface area contributed by atoms with Gasteiger partial charge in [-0.1, -0.05) is 0 Å². The zero-order valence-corrected chi connectivity index (χ0v) is 12.0. The number of piperidine rings is 1. The second-order valence-corrected chi connectivity index (χ2v) is 6.71. The van der Waals surface area contributed by atoms with Gasteiger partial charge in [-0.25, -0.2) is 13.1 Å². The Morgan fingerprint density at radius 3 is 2.67 bits per heavy atom. The standard InChI is InChI=1S/C12H16F3N3O2S/c13-12(14,15)11-4-3-10(8-17-11)21(19,20)18-7-9-2-1-5-16-6-9/h3-4,8-9,16,18H,1-2,5-7H2. The zero-order chi connectivity index (χ0) is 15.5. The molecule has 1 saturated heterocycles. The third kappa shape index (κ3) is 4.39. The maximum absolute atomic E-state index is 12.4. The molecule has 21 heavy (non-hydrogen) atoms. The van der Waals surface area contributed by atoms with Crippen LogP contribution in [0.3, 0.4) is 0 Å². The molecule has 0 radical (unpaired) electrons. The molecular weight excluding hydrogens is 307 g/mol. The number of pyridine rings is 1. The molecular formula is C12H16F3N3O2S. The number of nitrogens with one attached hydrogen (secondary N) is 2. The number of hydrogen-bond acceptors (Lipinski definition) is 4. The summed E-state index contributed by atoms with van der Waals surface area (Å²) in [5.74, 6) is 0.191. The van der Waals surface area contributed by atoms with E-state index in [1.54, 1.807) is 0 Å². The number of sulfonamides is 1. The largest absolute Gasteiger partial charge is 0.433 e. The van der Waals surface area contributed by atoms with Gasteiger partial charge >= 0.3 is 6.18 Å². The van der Waals surface area contributed by atoms with Crippen LogP contribution < -0.4 is 10.0 Å². The Morgan fingerprint density at radius 2 is 2.14 bits per heavy atom. The van der Waals surface area contributed by atoms with E-state index >= 15 is 0 Å². The topological polar surface area (TPSA) is 71.1 Å². The normalized spacial score (nSPS) is 20.4. The highest BCUT2D eigenvalue weighted by Crippen LogP contribution is 2.27. The number of hydrogen-bond donors (Lipinski definition) is 2.